The van der Waals surface area contributed by atoms with E-state index in [1.54, 1.807) is 0 Å². The molecule has 148 valence electrons. The number of amides is 1. The number of hydrogen-bond donors (Lipinski definition) is 0. The molecule has 0 unspecified atom stereocenters. The lowest BCUT2D eigenvalue weighted by molar-refractivity contribution is -0.133. The average molecular weight is 380 g/mol. The molecular formula is C23H28N2O3. The summed E-state index contributed by atoms with van der Waals surface area (Å²) < 4.78 is 5.61. The molecule has 1 heterocycles. The number of rotatable bonds is 7. The quantitative estimate of drug-likeness (QED) is 0.693. The second kappa shape index (κ2) is 9.51. The summed E-state index contributed by atoms with van der Waals surface area (Å²) in [7, 11) is 0. The molecule has 0 N–H and O–H groups in total. The van der Waals surface area contributed by atoms with Crippen LogP contribution in [0, 0.1) is 13.8 Å². The molecule has 3 rings (SSSR count). The Morgan fingerprint density at radius 2 is 1.68 bits per heavy atom. The number of carbonyl (C=O) groups is 2. The molecule has 0 atom stereocenters. The van der Waals surface area contributed by atoms with Crippen molar-refractivity contribution >= 4 is 11.7 Å². The number of ether oxygens (including phenoxy) is 1. The van der Waals surface area contributed by atoms with E-state index in [-0.39, 0.29) is 11.7 Å². The van der Waals surface area contributed by atoms with Gasteiger partial charge in [0.2, 0.25) is 5.91 Å². The Balaban J connectivity index is 1.41. The lowest BCUT2D eigenvalue weighted by Crippen LogP contribution is -2.50. The van der Waals surface area contributed by atoms with Gasteiger partial charge in [0.05, 0.1) is 19.6 Å². The van der Waals surface area contributed by atoms with Gasteiger partial charge in [-0.3, -0.25) is 14.5 Å². The topological polar surface area (TPSA) is 49.9 Å². The van der Waals surface area contributed by atoms with Crippen molar-refractivity contribution in [2.75, 3.05) is 39.3 Å². The molecule has 0 aliphatic carbocycles. The van der Waals surface area contributed by atoms with Crippen LogP contribution in [0.1, 0.15) is 27.9 Å². The number of nitrogens with zero attached hydrogens (tertiary/aromatic N) is 2. The third-order valence-corrected chi connectivity index (χ3v) is 5.10. The highest BCUT2D eigenvalue weighted by Gasteiger charge is 2.23. The summed E-state index contributed by atoms with van der Waals surface area (Å²) in [5, 5.41) is 0. The van der Waals surface area contributed by atoms with Gasteiger partial charge in [0.1, 0.15) is 5.75 Å². The van der Waals surface area contributed by atoms with E-state index in [1.165, 1.54) is 0 Å². The van der Waals surface area contributed by atoms with E-state index in [0.29, 0.717) is 32.7 Å². The fraction of sp³-hybridized carbons (Fsp3) is 0.391. The molecule has 0 radical (unpaired) electrons. The van der Waals surface area contributed by atoms with Gasteiger partial charge in [0.15, 0.2) is 5.78 Å². The fourth-order valence-corrected chi connectivity index (χ4v) is 3.50. The summed E-state index contributed by atoms with van der Waals surface area (Å²) in [4.78, 5) is 29.0. The van der Waals surface area contributed by atoms with E-state index >= 15 is 0 Å². The zero-order valence-electron chi connectivity index (χ0n) is 16.7. The number of piperazine rings is 1. The molecular weight excluding hydrogens is 352 g/mol. The molecule has 1 saturated heterocycles. The van der Waals surface area contributed by atoms with E-state index in [4.69, 9.17) is 4.74 Å². The highest BCUT2D eigenvalue weighted by molar-refractivity contribution is 5.99. The van der Waals surface area contributed by atoms with Crippen LogP contribution < -0.4 is 4.74 Å². The maximum atomic E-state index is 12.6. The van der Waals surface area contributed by atoms with Crippen molar-refractivity contribution in [2.45, 2.75) is 20.3 Å². The van der Waals surface area contributed by atoms with Crippen LogP contribution in [-0.2, 0) is 4.79 Å². The van der Waals surface area contributed by atoms with E-state index in [1.807, 2.05) is 67.3 Å². The molecule has 28 heavy (non-hydrogen) atoms. The number of ketones is 1. The molecule has 2 aromatic rings. The number of carbonyl (C=O) groups excluding carboxylic acids is 2. The molecule has 1 amide bonds. The van der Waals surface area contributed by atoms with Crippen LogP contribution in [0.25, 0.3) is 0 Å². The Morgan fingerprint density at radius 3 is 2.36 bits per heavy atom. The predicted octanol–water partition coefficient (Wildman–Crippen LogP) is 3.10. The molecule has 1 aliphatic rings. The van der Waals surface area contributed by atoms with E-state index < -0.39 is 0 Å². The number of benzene rings is 2. The lowest BCUT2D eigenvalue weighted by Gasteiger charge is -2.34. The number of aryl methyl sites for hydroxylation is 2. The Labute approximate surface area is 166 Å². The van der Waals surface area contributed by atoms with Crippen LogP contribution in [0.3, 0.4) is 0 Å². The fourth-order valence-electron chi connectivity index (χ4n) is 3.50. The maximum Gasteiger partial charge on any atom is 0.226 e. The first kappa shape index (κ1) is 20.1. The normalized spacial score (nSPS) is 14.7. The van der Waals surface area contributed by atoms with Crippen molar-refractivity contribution in [1.82, 2.24) is 9.80 Å². The van der Waals surface area contributed by atoms with Gasteiger partial charge in [-0.15, -0.1) is 0 Å². The molecule has 5 heteroatoms. The minimum Gasteiger partial charge on any atom is -0.493 e. The SMILES string of the molecule is Cc1ccc(C(=O)CN2CCN(C(=O)CCOc3ccccc3)CC2)c(C)c1. The van der Waals surface area contributed by atoms with Crippen molar-refractivity contribution in [2.24, 2.45) is 0 Å². The van der Waals surface area contributed by atoms with Crippen molar-refractivity contribution in [3.8, 4) is 5.75 Å². The first-order valence-corrected chi connectivity index (χ1v) is 9.81. The maximum absolute atomic E-state index is 12.6. The van der Waals surface area contributed by atoms with Gasteiger partial charge in [0, 0.05) is 31.7 Å². The molecule has 2 aromatic carbocycles. The first-order chi connectivity index (χ1) is 13.5. The van der Waals surface area contributed by atoms with Crippen LogP contribution in [0.5, 0.6) is 5.75 Å². The van der Waals surface area contributed by atoms with Gasteiger partial charge in [0.25, 0.3) is 0 Å². The van der Waals surface area contributed by atoms with E-state index in [9.17, 15) is 9.59 Å². The summed E-state index contributed by atoms with van der Waals surface area (Å²) in [5.41, 5.74) is 2.98. The van der Waals surface area contributed by atoms with Crippen molar-refractivity contribution in [1.29, 1.82) is 0 Å². The van der Waals surface area contributed by atoms with Crippen LogP contribution >= 0.6 is 0 Å². The monoisotopic (exact) mass is 380 g/mol. The van der Waals surface area contributed by atoms with Gasteiger partial charge < -0.3 is 9.64 Å². The summed E-state index contributed by atoms with van der Waals surface area (Å²) in [6.07, 6.45) is 0.371. The van der Waals surface area contributed by atoms with Crippen LogP contribution in [0.4, 0.5) is 0 Å². The summed E-state index contributed by atoms with van der Waals surface area (Å²) in [6.45, 7) is 7.56. The second-order valence-corrected chi connectivity index (χ2v) is 7.31. The van der Waals surface area contributed by atoms with Gasteiger partial charge >= 0.3 is 0 Å². The number of hydrogen-bond acceptors (Lipinski definition) is 4. The average Bonchev–Trinajstić information content (AvgIpc) is 2.69. The molecule has 0 bridgehead atoms. The van der Waals surface area contributed by atoms with E-state index in [2.05, 4.69) is 4.90 Å². The number of Topliss-reactive ketones (excluding diaryl/α,β-unsaturated/α-hetero) is 1. The summed E-state index contributed by atoms with van der Waals surface area (Å²) in [5.74, 6) is 1.04. The summed E-state index contributed by atoms with van der Waals surface area (Å²) >= 11 is 0. The number of para-hydroxylation sites is 1. The molecule has 0 spiro atoms. The third kappa shape index (κ3) is 5.42. The summed E-state index contributed by atoms with van der Waals surface area (Å²) in [6, 6.07) is 15.5. The molecule has 1 aliphatic heterocycles. The minimum atomic E-state index is 0.108. The van der Waals surface area contributed by atoms with Crippen molar-refractivity contribution < 1.29 is 14.3 Å². The lowest BCUT2D eigenvalue weighted by atomic mass is 10.0. The third-order valence-electron chi connectivity index (χ3n) is 5.10. The van der Waals surface area contributed by atoms with Gasteiger partial charge in [-0.1, -0.05) is 42.0 Å². The zero-order chi connectivity index (χ0) is 19.9. The van der Waals surface area contributed by atoms with Crippen LogP contribution in [-0.4, -0.2) is 60.8 Å². The van der Waals surface area contributed by atoms with Crippen LogP contribution in [0.15, 0.2) is 48.5 Å². The largest absolute Gasteiger partial charge is 0.493 e. The van der Waals surface area contributed by atoms with Gasteiger partial charge in [-0.05, 0) is 31.5 Å². The Kier molecular flexibility index (Phi) is 6.82. The molecule has 0 saturated carbocycles. The highest BCUT2D eigenvalue weighted by Crippen LogP contribution is 2.13. The minimum absolute atomic E-state index is 0.108. The Morgan fingerprint density at radius 1 is 0.964 bits per heavy atom. The van der Waals surface area contributed by atoms with Crippen molar-refractivity contribution in [3.05, 3.63) is 65.2 Å². The van der Waals surface area contributed by atoms with Crippen LogP contribution in [0.2, 0.25) is 0 Å². The zero-order valence-corrected chi connectivity index (χ0v) is 16.7. The van der Waals surface area contributed by atoms with Gasteiger partial charge in [-0.25, -0.2) is 0 Å². The molecule has 5 nitrogen and oxygen atoms in total. The van der Waals surface area contributed by atoms with E-state index in [0.717, 1.165) is 35.5 Å². The second-order valence-electron chi connectivity index (χ2n) is 7.31. The van der Waals surface area contributed by atoms with Gasteiger partial charge in [-0.2, -0.15) is 0 Å². The smallest absolute Gasteiger partial charge is 0.226 e. The molecule has 1 fully saturated rings. The Hall–Kier alpha value is -2.66. The Bertz CT molecular complexity index is 812. The standard InChI is InChI=1S/C23H28N2O3/c1-18-8-9-21(19(2)16-18)22(26)17-24-11-13-25(14-12-24)23(27)10-15-28-20-6-4-3-5-7-20/h3-9,16H,10-15,17H2,1-2H3. The molecule has 0 aromatic heterocycles. The highest BCUT2D eigenvalue weighted by atomic mass is 16.5. The predicted molar refractivity (Wildman–Crippen MR) is 110 cm³/mol. The first-order valence-electron chi connectivity index (χ1n) is 9.81. The van der Waals surface area contributed by atoms with Crippen molar-refractivity contribution in [3.63, 3.8) is 0 Å².